The first kappa shape index (κ1) is 17.3. The van der Waals surface area contributed by atoms with Crippen LogP contribution in [0.1, 0.15) is 44.9 Å². The van der Waals surface area contributed by atoms with E-state index in [4.69, 9.17) is 4.74 Å². The highest BCUT2D eigenvalue weighted by atomic mass is 16.5. The number of anilines is 1. The third kappa shape index (κ3) is 4.18. The summed E-state index contributed by atoms with van der Waals surface area (Å²) in [6.07, 6.45) is 8.71. The molecule has 4 heteroatoms. The summed E-state index contributed by atoms with van der Waals surface area (Å²) in [5.41, 5.74) is 1.35. The summed E-state index contributed by atoms with van der Waals surface area (Å²) < 4.78 is 5.97. The molecule has 0 spiro atoms. The van der Waals surface area contributed by atoms with Gasteiger partial charge < -0.3 is 14.7 Å². The van der Waals surface area contributed by atoms with Gasteiger partial charge in [0.25, 0.3) is 0 Å². The standard InChI is InChI=1S/C21H32N2O2/c24-20(16-25-21-9-5-2-6-10-21)15-22-12-11-18-13-19(22)14-23(18)17-7-3-1-4-8-17/h1,3-4,7-8,18-21,24H,2,5-6,9-16H2/t18?,19?,20-/m0/s1. The number of likely N-dealkylation sites (tertiary alicyclic amines) is 1. The van der Waals surface area contributed by atoms with Gasteiger partial charge in [-0.15, -0.1) is 0 Å². The van der Waals surface area contributed by atoms with Gasteiger partial charge in [0.15, 0.2) is 0 Å². The lowest BCUT2D eigenvalue weighted by Gasteiger charge is -2.34. The first-order valence-electron chi connectivity index (χ1n) is 10.1. The van der Waals surface area contributed by atoms with Crippen LogP contribution in [0.4, 0.5) is 5.69 Å². The van der Waals surface area contributed by atoms with E-state index in [2.05, 4.69) is 40.1 Å². The number of aliphatic hydroxyl groups excluding tert-OH is 1. The quantitative estimate of drug-likeness (QED) is 0.860. The number of fused-ring (bicyclic) bond motifs is 2. The maximum Gasteiger partial charge on any atom is 0.0900 e. The van der Waals surface area contributed by atoms with Crippen molar-refractivity contribution in [1.82, 2.24) is 4.90 Å². The molecule has 4 rings (SSSR count). The largest absolute Gasteiger partial charge is 0.389 e. The highest BCUT2D eigenvalue weighted by Gasteiger charge is 2.39. The lowest BCUT2D eigenvalue weighted by atomic mass is 9.98. The van der Waals surface area contributed by atoms with Crippen molar-refractivity contribution in [3.63, 3.8) is 0 Å². The predicted octanol–water partition coefficient (Wildman–Crippen LogP) is 3.05. The van der Waals surface area contributed by atoms with E-state index >= 15 is 0 Å². The lowest BCUT2D eigenvalue weighted by Crippen LogP contribution is -2.45. The van der Waals surface area contributed by atoms with Crippen LogP contribution in [0.5, 0.6) is 0 Å². The Bertz CT molecular complexity index is 532. The van der Waals surface area contributed by atoms with Crippen LogP contribution in [0.3, 0.4) is 0 Å². The SMILES string of the molecule is O[C@H](COC1CCCCC1)CN1CCC2CC1CN2c1ccccc1. The van der Waals surface area contributed by atoms with Crippen molar-refractivity contribution in [2.75, 3.05) is 31.1 Å². The van der Waals surface area contributed by atoms with E-state index in [1.54, 1.807) is 0 Å². The van der Waals surface area contributed by atoms with Gasteiger partial charge in [-0.25, -0.2) is 0 Å². The molecule has 3 fully saturated rings. The summed E-state index contributed by atoms with van der Waals surface area (Å²) in [7, 11) is 0. The van der Waals surface area contributed by atoms with Crippen LogP contribution >= 0.6 is 0 Å². The second-order valence-electron chi connectivity index (χ2n) is 8.06. The molecule has 1 saturated carbocycles. The summed E-state index contributed by atoms with van der Waals surface area (Å²) >= 11 is 0. The van der Waals surface area contributed by atoms with E-state index < -0.39 is 0 Å². The zero-order valence-electron chi connectivity index (χ0n) is 15.2. The summed E-state index contributed by atoms with van der Waals surface area (Å²) in [6.45, 7) is 3.44. The second kappa shape index (κ2) is 8.07. The summed E-state index contributed by atoms with van der Waals surface area (Å²) in [5, 5.41) is 10.5. The molecule has 1 aromatic rings. The fourth-order valence-electron chi connectivity index (χ4n) is 4.91. The Morgan fingerprint density at radius 2 is 1.84 bits per heavy atom. The molecule has 2 unspecified atom stereocenters. The summed E-state index contributed by atoms with van der Waals surface area (Å²) in [4.78, 5) is 5.06. The molecule has 2 heterocycles. The fourth-order valence-corrected chi connectivity index (χ4v) is 4.91. The van der Waals surface area contributed by atoms with Crippen molar-refractivity contribution < 1.29 is 9.84 Å². The van der Waals surface area contributed by atoms with E-state index in [0.29, 0.717) is 24.8 Å². The van der Waals surface area contributed by atoms with Gasteiger partial charge >= 0.3 is 0 Å². The van der Waals surface area contributed by atoms with Crippen molar-refractivity contribution in [3.8, 4) is 0 Å². The number of rotatable bonds is 6. The molecule has 1 N–H and O–H groups in total. The maximum atomic E-state index is 10.5. The average molecular weight is 344 g/mol. The summed E-state index contributed by atoms with van der Waals surface area (Å²) in [6, 6.07) is 12.0. The van der Waals surface area contributed by atoms with Crippen LogP contribution < -0.4 is 4.90 Å². The molecule has 25 heavy (non-hydrogen) atoms. The summed E-state index contributed by atoms with van der Waals surface area (Å²) in [5.74, 6) is 0. The van der Waals surface area contributed by atoms with E-state index in [9.17, 15) is 5.11 Å². The average Bonchev–Trinajstić information content (AvgIpc) is 3.02. The van der Waals surface area contributed by atoms with Crippen LogP contribution in [0.2, 0.25) is 0 Å². The fraction of sp³-hybridized carbons (Fsp3) is 0.714. The number of piperidine rings is 1. The number of para-hydroxylation sites is 1. The van der Waals surface area contributed by atoms with Crippen molar-refractivity contribution in [3.05, 3.63) is 30.3 Å². The molecule has 2 aliphatic heterocycles. The highest BCUT2D eigenvalue weighted by Crippen LogP contribution is 2.33. The first-order valence-corrected chi connectivity index (χ1v) is 10.1. The number of ether oxygens (including phenoxy) is 1. The van der Waals surface area contributed by atoms with Crippen LogP contribution in [0, 0.1) is 0 Å². The molecular weight excluding hydrogens is 312 g/mol. The number of hydrogen-bond donors (Lipinski definition) is 1. The molecule has 4 nitrogen and oxygen atoms in total. The molecule has 1 aromatic carbocycles. The Labute approximate surface area is 151 Å². The Morgan fingerprint density at radius 1 is 1.04 bits per heavy atom. The minimum atomic E-state index is -0.357. The molecule has 0 amide bonds. The Morgan fingerprint density at radius 3 is 2.64 bits per heavy atom. The smallest absolute Gasteiger partial charge is 0.0900 e. The van der Waals surface area contributed by atoms with Gasteiger partial charge in [0, 0.05) is 37.4 Å². The highest BCUT2D eigenvalue weighted by molar-refractivity contribution is 5.49. The van der Waals surface area contributed by atoms with Gasteiger partial charge in [-0.1, -0.05) is 37.5 Å². The predicted molar refractivity (Wildman–Crippen MR) is 101 cm³/mol. The first-order chi connectivity index (χ1) is 12.3. The van der Waals surface area contributed by atoms with Gasteiger partial charge in [0.1, 0.15) is 0 Å². The number of hydrogen-bond acceptors (Lipinski definition) is 4. The van der Waals surface area contributed by atoms with Crippen LogP contribution in [0.15, 0.2) is 30.3 Å². The molecule has 3 aliphatic rings. The normalized spacial score (nSPS) is 29.1. The zero-order valence-corrected chi connectivity index (χ0v) is 15.2. The second-order valence-corrected chi connectivity index (χ2v) is 8.06. The number of aliphatic hydroxyl groups is 1. The minimum absolute atomic E-state index is 0.357. The molecule has 2 saturated heterocycles. The third-order valence-electron chi connectivity index (χ3n) is 6.27. The number of nitrogens with zero attached hydrogens (tertiary/aromatic N) is 2. The third-order valence-corrected chi connectivity index (χ3v) is 6.27. The van der Waals surface area contributed by atoms with E-state index in [1.807, 2.05) is 0 Å². The van der Waals surface area contributed by atoms with Gasteiger partial charge in [0.2, 0.25) is 0 Å². The molecule has 0 radical (unpaired) electrons. The molecule has 2 bridgehead atoms. The van der Waals surface area contributed by atoms with Gasteiger partial charge in [0.05, 0.1) is 18.8 Å². The molecule has 3 atom stereocenters. The van der Waals surface area contributed by atoms with Gasteiger partial charge in [-0.05, 0) is 37.8 Å². The van der Waals surface area contributed by atoms with Crippen LogP contribution in [-0.2, 0) is 4.74 Å². The maximum absolute atomic E-state index is 10.5. The minimum Gasteiger partial charge on any atom is -0.389 e. The van der Waals surface area contributed by atoms with E-state index in [0.717, 1.165) is 19.6 Å². The van der Waals surface area contributed by atoms with Crippen molar-refractivity contribution in [1.29, 1.82) is 0 Å². The van der Waals surface area contributed by atoms with Crippen LogP contribution in [-0.4, -0.2) is 60.5 Å². The van der Waals surface area contributed by atoms with Gasteiger partial charge in [-0.3, -0.25) is 4.90 Å². The monoisotopic (exact) mass is 344 g/mol. The molecule has 0 aromatic heterocycles. The Kier molecular flexibility index (Phi) is 5.59. The van der Waals surface area contributed by atoms with E-state index in [1.165, 1.54) is 50.6 Å². The Balaban J connectivity index is 1.26. The van der Waals surface area contributed by atoms with Crippen molar-refractivity contribution in [2.45, 2.75) is 69.2 Å². The topological polar surface area (TPSA) is 35.9 Å². The lowest BCUT2D eigenvalue weighted by molar-refractivity contribution is -0.0378. The Hall–Kier alpha value is -1.10. The number of benzene rings is 1. The van der Waals surface area contributed by atoms with Crippen molar-refractivity contribution >= 4 is 5.69 Å². The molecule has 138 valence electrons. The van der Waals surface area contributed by atoms with Crippen LogP contribution in [0.25, 0.3) is 0 Å². The number of β-amino-alcohol motifs (C(OH)–C–C–N with tert-alkyl or cyclic N) is 1. The molecular formula is C21H32N2O2. The van der Waals surface area contributed by atoms with Gasteiger partial charge in [-0.2, -0.15) is 0 Å². The van der Waals surface area contributed by atoms with E-state index in [-0.39, 0.29) is 6.10 Å². The zero-order chi connectivity index (χ0) is 17.1. The molecule has 1 aliphatic carbocycles. The van der Waals surface area contributed by atoms with Crippen molar-refractivity contribution in [2.24, 2.45) is 0 Å².